The summed E-state index contributed by atoms with van der Waals surface area (Å²) in [4.78, 5) is 15.6. The van der Waals surface area contributed by atoms with Crippen molar-refractivity contribution >= 4 is 28.7 Å². The van der Waals surface area contributed by atoms with E-state index in [4.69, 9.17) is 9.47 Å². The molecule has 1 heterocycles. The quantitative estimate of drug-likeness (QED) is 0.183. The number of aromatic hydroxyl groups is 1. The van der Waals surface area contributed by atoms with Crippen molar-refractivity contribution in [2.75, 3.05) is 23.9 Å². The summed E-state index contributed by atoms with van der Waals surface area (Å²) in [5, 5.41) is 15.3. The first-order chi connectivity index (χ1) is 20.8. The van der Waals surface area contributed by atoms with Crippen LogP contribution in [0, 0.1) is 13.8 Å². The van der Waals surface area contributed by atoms with Crippen LogP contribution in [0.25, 0.3) is 0 Å². The summed E-state index contributed by atoms with van der Waals surface area (Å²) in [7, 11) is 1.60. The van der Waals surface area contributed by atoms with Crippen LogP contribution < -0.4 is 15.0 Å². The maximum Gasteiger partial charge on any atom is 0.340 e. The predicted molar refractivity (Wildman–Crippen MR) is 171 cm³/mol. The minimum atomic E-state index is -1.46. The van der Waals surface area contributed by atoms with E-state index in [1.54, 1.807) is 19.2 Å². The number of benzene rings is 5. The summed E-state index contributed by atoms with van der Waals surface area (Å²) in [6.07, 6.45) is 0. The third kappa shape index (κ3) is 4.85. The predicted octanol–water partition coefficient (Wildman–Crippen LogP) is 8.38. The number of cyclic esters (lactones) is 1. The van der Waals surface area contributed by atoms with Gasteiger partial charge in [-0.15, -0.1) is 0 Å². The second kappa shape index (κ2) is 11.2. The Labute approximate surface area is 252 Å². The van der Waals surface area contributed by atoms with Gasteiger partial charge in [0.1, 0.15) is 11.5 Å². The molecule has 1 atom stereocenters. The lowest BCUT2D eigenvalue weighted by atomic mass is 9.78. The lowest BCUT2D eigenvalue weighted by molar-refractivity contribution is 0.0239. The number of rotatable bonds is 8. The number of methoxy groups -OCH3 is 1. The molecule has 5 aromatic carbocycles. The molecule has 2 N–H and O–H groups in total. The Kier molecular flexibility index (Phi) is 7.28. The van der Waals surface area contributed by atoms with Crippen molar-refractivity contribution in [2.24, 2.45) is 0 Å². The number of phenolic OH excluding ortho intramolecular Hbond substituents is 1. The molecular weight excluding hydrogens is 536 g/mol. The Morgan fingerprint density at radius 2 is 1.51 bits per heavy atom. The molecular formula is C37H34N2O4. The summed E-state index contributed by atoms with van der Waals surface area (Å²) in [6.45, 7) is 6.82. The van der Waals surface area contributed by atoms with Gasteiger partial charge >= 0.3 is 5.97 Å². The van der Waals surface area contributed by atoms with Gasteiger partial charge in [-0.2, -0.15) is 0 Å². The highest BCUT2D eigenvalue weighted by Gasteiger charge is 2.51. The topological polar surface area (TPSA) is 71.0 Å². The number of nitrogens with one attached hydrogen (secondary N) is 1. The second-order valence-electron chi connectivity index (χ2n) is 10.8. The van der Waals surface area contributed by atoms with Crippen LogP contribution in [-0.2, 0) is 10.3 Å². The van der Waals surface area contributed by atoms with Gasteiger partial charge in [0.05, 0.1) is 12.7 Å². The van der Waals surface area contributed by atoms with Gasteiger partial charge in [-0.3, -0.25) is 0 Å². The Morgan fingerprint density at radius 1 is 0.814 bits per heavy atom. The largest absolute Gasteiger partial charge is 0.507 e. The fourth-order valence-electron chi connectivity index (χ4n) is 5.92. The minimum absolute atomic E-state index is 0.00719. The summed E-state index contributed by atoms with van der Waals surface area (Å²) in [6, 6.07) is 34.9. The van der Waals surface area contributed by atoms with E-state index in [1.165, 1.54) is 5.56 Å². The van der Waals surface area contributed by atoms with Crippen LogP contribution >= 0.6 is 0 Å². The molecule has 6 nitrogen and oxygen atoms in total. The van der Waals surface area contributed by atoms with Crippen molar-refractivity contribution in [3.8, 4) is 11.5 Å². The number of fused-ring (bicyclic) bond motifs is 1. The molecule has 5 aromatic rings. The second-order valence-corrected chi connectivity index (χ2v) is 10.8. The number of carbonyl (C=O) groups is 1. The van der Waals surface area contributed by atoms with Crippen LogP contribution in [0.1, 0.15) is 45.1 Å². The highest BCUT2D eigenvalue weighted by molar-refractivity contribution is 5.97. The summed E-state index contributed by atoms with van der Waals surface area (Å²) in [5.41, 5.74) is 6.40. The van der Waals surface area contributed by atoms with Gasteiger partial charge in [0.2, 0.25) is 0 Å². The maximum absolute atomic E-state index is 13.4. The molecule has 1 aliphatic rings. The van der Waals surface area contributed by atoms with Crippen molar-refractivity contribution in [1.82, 2.24) is 0 Å². The van der Waals surface area contributed by atoms with Crippen LogP contribution in [0.2, 0.25) is 0 Å². The number of esters is 1. The van der Waals surface area contributed by atoms with Gasteiger partial charge in [0, 0.05) is 52.1 Å². The van der Waals surface area contributed by atoms with Gasteiger partial charge in [0.15, 0.2) is 5.60 Å². The van der Waals surface area contributed by atoms with Crippen LogP contribution in [0.4, 0.5) is 22.7 Å². The van der Waals surface area contributed by atoms with E-state index in [-0.39, 0.29) is 5.75 Å². The Bertz CT molecular complexity index is 1800. The zero-order chi connectivity index (χ0) is 30.1. The third-order valence-corrected chi connectivity index (χ3v) is 8.08. The van der Waals surface area contributed by atoms with E-state index in [9.17, 15) is 9.90 Å². The molecule has 0 saturated carbocycles. The zero-order valence-electron chi connectivity index (χ0n) is 24.7. The van der Waals surface area contributed by atoms with Crippen molar-refractivity contribution < 1.29 is 19.4 Å². The Hall–Kier alpha value is -5.23. The standard InChI is InChI=1S/C37H34N2O4/c1-5-39(27-17-15-24(2)16-18-27)28-19-20-31(34(40)22-28)37(30-14-10-9-13-29(30)36(41)43-37)32-23-33(25(3)21-35(32)42-4)38-26-11-7-6-8-12-26/h6-23,38,40H,5H2,1-4H3. The number of anilines is 4. The molecule has 6 rings (SSSR count). The van der Waals surface area contributed by atoms with Crippen molar-refractivity contribution in [2.45, 2.75) is 26.4 Å². The normalized spacial score (nSPS) is 15.5. The highest BCUT2D eigenvalue weighted by atomic mass is 16.6. The van der Waals surface area contributed by atoms with E-state index in [1.807, 2.05) is 79.7 Å². The molecule has 6 heteroatoms. The molecule has 216 valence electrons. The number of hydrogen-bond acceptors (Lipinski definition) is 6. The van der Waals surface area contributed by atoms with Gasteiger partial charge < -0.3 is 24.8 Å². The summed E-state index contributed by atoms with van der Waals surface area (Å²) >= 11 is 0. The van der Waals surface area contributed by atoms with Crippen LogP contribution in [0.15, 0.2) is 109 Å². The Balaban J connectivity index is 1.56. The van der Waals surface area contributed by atoms with Crippen LogP contribution in [-0.4, -0.2) is 24.7 Å². The molecule has 0 aliphatic carbocycles. The molecule has 0 aromatic heterocycles. The molecule has 0 radical (unpaired) electrons. The van der Waals surface area contributed by atoms with Crippen molar-refractivity contribution in [3.63, 3.8) is 0 Å². The van der Waals surface area contributed by atoms with Gasteiger partial charge in [-0.25, -0.2) is 4.79 Å². The smallest absolute Gasteiger partial charge is 0.340 e. The monoisotopic (exact) mass is 570 g/mol. The van der Waals surface area contributed by atoms with E-state index in [2.05, 4.69) is 48.3 Å². The average molecular weight is 571 g/mol. The fraction of sp³-hybridized carbons (Fsp3) is 0.162. The lowest BCUT2D eigenvalue weighted by Crippen LogP contribution is -2.30. The molecule has 1 unspecified atom stereocenters. The first-order valence-corrected chi connectivity index (χ1v) is 14.4. The van der Waals surface area contributed by atoms with Gasteiger partial charge in [-0.1, -0.05) is 54.1 Å². The SMILES string of the molecule is CCN(c1ccc(C)cc1)c1ccc(C2(c3cc(Nc4ccccc4)c(C)cc3OC)OC(=O)c3ccccc32)c(O)c1. The van der Waals surface area contributed by atoms with Crippen molar-refractivity contribution in [1.29, 1.82) is 0 Å². The number of para-hydroxylation sites is 1. The lowest BCUT2D eigenvalue weighted by Gasteiger charge is -2.33. The first-order valence-electron chi connectivity index (χ1n) is 14.4. The van der Waals surface area contributed by atoms with E-state index in [0.717, 1.165) is 28.3 Å². The van der Waals surface area contributed by atoms with Gasteiger partial charge in [0.25, 0.3) is 0 Å². The number of ether oxygens (including phenoxy) is 2. The molecule has 0 saturated heterocycles. The molecule has 0 amide bonds. The minimum Gasteiger partial charge on any atom is -0.507 e. The molecule has 0 bridgehead atoms. The number of aryl methyl sites for hydroxylation is 2. The number of hydrogen-bond donors (Lipinski definition) is 2. The average Bonchev–Trinajstić information content (AvgIpc) is 3.32. The van der Waals surface area contributed by atoms with Crippen molar-refractivity contribution in [3.05, 3.63) is 143 Å². The molecule has 0 spiro atoms. The molecule has 43 heavy (non-hydrogen) atoms. The fourth-order valence-corrected chi connectivity index (χ4v) is 5.92. The van der Waals surface area contributed by atoms with E-state index < -0.39 is 11.6 Å². The number of carbonyl (C=O) groups excluding carboxylic acids is 1. The zero-order valence-corrected chi connectivity index (χ0v) is 24.7. The maximum atomic E-state index is 13.4. The molecule has 1 aliphatic heterocycles. The van der Waals surface area contributed by atoms with Gasteiger partial charge in [-0.05, 0) is 80.9 Å². The molecule has 0 fully saturated rings. The summed E-state index contributed by atoms with van der Waals surface area (Å²) < 4.78 is 12.3. The highest BCUT2D eigenvalue weighted by Crippen LogP contribution is 2.53. The first kappa shape index (κ1) is 27.9. The van der Waals surface area contributed by atoms with Crippen LogP contribution in [0.3, 0.4) is 0 Å². The van der Waals surface area contributed by atoms with E-state index in [0.29, 0.717) is 34.5 Å². The number of nitrogens with zero attached hydrogens (tertiary/aromatic N) is 1. The third-order valence-electron chi connectivity index (χ3n) is 8.08. The Morgan fingerprint density at radius 3 is 2.21 bits per heavy atom. The number of phenols is 1. The van der Waals surface area contributed by atoms with E-state index >= 15 is 0 Å². The van der Waals surface area contributed by atoms with Crippen LogP contribution in [0.5, 0.6) is 11.5 Å². The summed E-state index contributed by atoms with van der Waals surface area (Å²) in [5.74, 6) is 0.0841.